The van der Waals surface area contributed by atoms with Gasteiger partial charge in [0.05, 0.1) is 35.1 Å². The van der Waals surface area contributed by atoms with Gasteiger partial charge in [0.2, 0.25) is 0 Å². The number of H-pyrrole nitrogens is 1. The summed E-state index contributed by atoms with van der Waals surface area (Å²) in [6, 6.07) is 4.60. The summed E-state index contributed by atoms with van der Waals surface area (Å²) in [5.74, 6) is -0.384. The van der Waals surface area contributed by atoms with Gasteiger partial charge in [0, 0.05) is 6.42 Å². The average Bonchev–Trinajstić information content (AvgIpc) is 2.42. The minimum Gasteiger partial charge on any atom is -0.376 e. The number of hydrogen-bond donors (Lipinski definition) is 1. The Morgan fingerprint density at radius 2 is 2.26 bits per heavy atom. The van der Waals surface area contributed by atoms with Crippen molar-refractivity contribution in [1.29, 1.82) is 0 Å². The van der Waals surface area contributed by atoms with Crippen molar-refractivity contribution in [3.63, 3.8) is 0 Å². The Morgan fingerprint density at radius 1 is 1.42 bits per heavy atom. The van der Waals surface area contributed by atoms with E-state index in [0.717, 1.165) is 0 Å². The second kappa shape index (κ2) is 4.75. The minimum atomic E-state index is -0.584. The lowest BCUT2D eigenvalue weighted by atomic mass is 10.1. The first-order valence-corrected chi connectivity index (χ1v) is 6.19. The molecule has 3 rings (SSSR count). The van der Waals surface area contributed by atoms with Crippen LogP contribution >= 0.6 is 11.6 Å². The summed E-state index contributed by atoms with van der Waals surface area (Å²) >= 11 is 5.73. The largest absolute Gasteiger partial charge is 0.376 e. The summed E-state index contributed by atoms with van der Waals surface area (Å²) in [6.45, 7) is 0.761. The van der Waals surface area contributed by atoms with Crippen molar-refractivity contribution in [2.24, 2.45) is 0 Å². The molecule has 1 N–H and O–H groups in total. The molecule has 0 fully saturated rings. The van der Waals surface area contributed by atoms with Crippen molar-refractivity contribution in [3.05, 3.63) is 50.7 Å². The number of hydrogen-bond acceptors (Lipinski definition) is 3. The quantitative estimate of drug-likeness (QED) is 0.872. The summed E-state index contributed by atoms with van der Waals surface area (Å²) in [4.78, 5) is 18.8. The molecule has 0 saturated carbocycles. The van der Waals surface area contributed by atoms with Crippen LogP contribution in [-0.4, -0.2) is 16.6 Å². The Balaban J connectivity index is 2.19. The van der Waals surface area contributed by atoms with Crippen LogP contribution in [0, 0.1) is 5.82 Å². The summed E-state index contributed by atoms with van der Waals surface area (Å²) < 4.78 is 19.1. The van der Waals surface area contributed by atoms with Crippen molar-refractivity contribution in [2.75, 3.05) is 6.61 Å². The molecule has 0 aliphatic carbocycles. The third kappa shape index (κ3) is 2.15. The maximum absolute atomic E-state index is 13.9. The molecule has 0 radical (unpaired) electrons. The van der Waals surface area contributed by atoms with Gasteiger partial charge in [0.25, 0.3) is 5.56 Å². The van der Waals surface area contributed by atoms with E-state index in [1.54, 1.807) is 6.07 Å². The van der Waals surface area contributed by atoms with Gasteiger partial charge in [-0.2, -0.15) is 0 Å². The Morgan fingerprint density at radius 3 is 3.11 bits per heavy atom. The zero-order valence-corrected chi connectivity index (χ0v) is 10.6. The highest BCUT2D eigenvalue weighted by molar-refractivity contribution is 6.31. The maximum atomic E-state index is 13.9. The third-order valence-electron chi connectivity index (χ3n) is 3.04. The number of ether oxygens (including phenoxy) is 1. The molecule has 0 saturated heterocycles. The fourth-order valence-electron chi connectivity index (χ4n) is 2.06. The van der Waals surface area contributed by atoms with E-state index < -0.39 is 5.82 Å². The van der Waals surface area contributed by atoms with Gasteiger partial charge >= 0.3 is 0 Å². The first kappa shape index (κ1) is 12.3. The fraction of sp³-hybridized carbons (Fsp3) is 0.231. The van der Waals surface area contributed by atoms with E-state index in [1.165, 1.54) is 12.1 Å². The summed E-state index contributed by atoms with van der Waals surface area (Å²) in [5.41, 5.74) is 1.07. The molecule has 2 heterocycles. The maximum Gasteiger partial charge on any atom is 0.256 e. The average molecular weight is 281 g/mol. The zero-order chi connectivity index (χ0) is 13.4. The van der Waals surface area contributed by atoms with Crippen LogP contribution < -0.4 is 5.56 Å². The molecule has 2 aromatic rings. The highest BCUT2D eigenvalue weighted by atomic mass is 35.5. The molecule has 6 heteroatoms. The van der Waals surface area contributed by atoms with Crippen LogP contribution in [0.3, 0.4) is 0 Å². The van der Waals surface area contributed by atoms with Gasteiger partial charge in [0.1, 0.15) is 5.82 Å². The number of benzene rings is 1. The van der Waals surface area contributed by atoms with E-state index >= 15 is 0 Å². The van der Waals surface area contributed by atoms with Crippen LogP contribution in [-0.2, 0) is 17.8 Å². The van der Waals surface area contributed by atoms with Gasteiger partial charge in [-0.15, -0.1) is 0 Å². The highest BCUT2D eigenvalue weighted by Gasteiger charge is 2.18. The lowest BCUT2D eigenvalue weighted by Gasteiger charge is -2.15. The van der Waals surface area contributed by atoms with E-state index in [1.807, 2.05) is 0 Å². The molecule has 0 bridgehead atoms. The number of nitrogens with one attached hydrogen (secondary N) is 1. The number of nitrogens with zero attached hydrogens (tertiary/aromatic N) is 1. The van der Waals surface area contributed by atoms with E-state index in [0.29, 0.717) is 24.3 Å². The second-order valence-electron chi connectivity index (χ2n) is 4.24. The molecule has 1 aliphatic heterocycles. The molecule has 0 amide bonds. The van der Waals surface area contributed by atoms with Gasteiger partial charge in [-0.25, -0.2) is 9.37 Å². The lowest BCUT2D eigenvalue weighted by molar-refractivity contribution is 0.108. The normalized spacial score (nSPS) is 14.2. The molecule has 4 nitrogen and oxygen atoms in total. The molecule has 0 unspecified atom stereocenters. The standard InChI is InChI=1S/C13H10ClFN2O2/c14-9-3-1-2-7(11(9)15)12-16-10-4-5-19-6-8(10)13(18)17-12/h1-3H,4-6H2,(H,16,17,18). The third-order valence-corrected chi connectivity index (χ3v) is 3.33. The van der Waals surface area contributed by atoms with Gasteiger partial charge in [0.15, 0.2) is 5.82 Å². The van der Waals surface area contributed by atoms with E-state index in [9.17, 15) is 9.18 Å². The molecule has 1 aromatic heterocycles. The molecule has 0 spiro atoms. The zero-order valence-electron chi connectivity index (χ0n) is 9.87. The Labute approximate surface area is 113 Å². The van der Waals surface area contributed by atoms with Crippen LogP contribution in [0.5, 0.6) is 0 Å². The van der Waals surface area contributed by atoms with Crippen LogP contribution in [0.15, 0.2) is 23.0 Å². The van der Waals surface area contributed by atoms with Gasteiger partial charge in [-0.1, -0.05) is 17.7 Å². The molecule has 0 atom stereocenters. The van der Waals surface area contributed by atoms with Crippen LogP contribution in [0.25, 0.3) is 11.4 Å². The first-order chi connectivity index (χ1) is 9.16. The molecular weight excluding hydrogens is 271 g/mol. The van der Waals surface area contributed by atoms with Gasteiger partial charge < -0.3 is 9.72 Å². The Hall–Kier alpha value is -1.72. The smallest absolute Gasteiger partial charge is 0.256 e. The first-order valence-electron chi connectivity index (χ1n) is 5.81. The summed E-state index contributed by atoms with van der Waals surface area (Å²) in [5, 5.41) is 0.00111. The number of rotatable bonds is 1. The Bertz CT molecular complexity index is 700. The summed E-state index contributed by atoms with van der Waals surface area (Å²) in [7, 11) is 0. The van der Waals surface area contributed by atoms with Crippen molar-refractivity contribution >= 4 is 11.6 Å². The second-order valence-corrected chi connectivity index (χ2v) is 4.65. The number of fused-ring (bicyclic) bond motifs is 1. The summed E-state index contributed by atoms with van der Waals surface area (Å²) in [6.07, 6.45) is 0.550. The molecule has 98 valence electrons. The van der Waals surface area contributed by atoms with Crippen molar-refractivity contribution < 1.29 is 9.13 Å². The molecule has 1 aliphatic rings. The van der Waals surface area contributed by atoms with Crippen LogP contribution in [0.4, 0.5) is 4.39 Å². The number of halogens is 2. The monoisotopic (exact) mass is 280 g/mol. The van der Waals surface area contributed by atoms with Gasteiger partial charge in [-0.05, 0) is 12.1 Å². The fourth-order valence-corrected chi connectivity index (χ4v) is 2.23. The van der Waals surface area contributed by atoms with Gasteiger partial charge in [-0.3, -0.25) is 4.79 Å². The Kier molecular flexibility index (Phi) is 3.08. The SMILES string of the molecule is O=c1[nH]c(-c2cccc(Cl)c2F)nc2c1COCC2. The lowest BCUT2D eigenvalue weighted by Crippen LogP contribution is -2.24. The van der Waals surface area contributed by atoms with E-state index in [2.05, 4.69) is 9.97 Å². The van der Waals surface area contributed by atoms with Crippen molar-refractivity contribution in [1.82, 2.24) is 9.97 Å². The van der Waals surface area contributed by atoms with Crippen LogP contribution in [0.2, 0.25) is 5.02 Å². The number of aromatic nitrogens is 2. The molecule has 1 aromatic carbocycles. The molecular formula is C13H10ClFN2O2. The van der Waals surface area contributed by atoms with E-state index in [-0.39, 0.29) is 28.6 Å². The van der Waals surface area contributed by atoms with Crippen molar-refractivity contribution in [2.45, 2.75) is 13.0 Å². The highest BCUT2D eigenvalue weighted by Crippen LogP contribution is 2.25. The van der Waals surface area contributed by atoms with Crippen LogP contribution in [0.1, 0.15) is 11.3 Å². The predicted octanol–water partition coefficient (Wildman–Crippen LogP) is 2.30. The predicted molar refractivity (Wildman–Crippen MR) is 68.6 cm³/mol. The molecule has 19 heavy (non-hydrogen) atoms. The number of aromatic amines is 1. The van der Waals surface area contributed by atoms with Crippen molar-refractivity contribution in [3.8, 4) is 11.4 Å². The topological polar surface area (TPSA) is 55.0 Å². The minimum absolute atomic E-state index is 0.00111. The van der Waals surface area contributed by atoms with E-state index in [4.69, 9.17) is 16.3 Å².